The highest BCUT2D eigenvalue weighted by Gasteiger charge is 2.02. The molecule has 0 aliphatic heterocycles. The summed E-state index contributed by atoms with van der Waals surface area (Å²) in [6.07, 6.45) is 1.44. The Balaban J connectivity index is 2.07. The number of thioether (sulfide) groups is 1. The fraction of sp³-hybridized carbons (Fsp3) is 0.0909. The molecular weight excluding hydrogens is 241 g/mol. The molecule has 88 valence electrons. The number of anilines is 1. The number of aromatic amines is 1. The molecule has 4 nitrogen and oxygen atoms in total. The Morgan fingerprint density at radius 2 is 2.24 bits per heavy atom. The van der Waals surface area contributed by atoms with Gasteiger partial charge in [-0.3, -0.25) is 4.79 Å². The van der Waals surface area contributed by atoms with Crippen LogP contribution in [0.4, 0.5) is 10.1 Å². The van der Waals surface area contributed by atoms with Crippen LogP contribution in [0.3, 0.4) is 0 Å². The molecular formula is C11H10FN3OS. The zero-order valence-corrected chi connectivity index (χ0v) is 9.63. The summed E-state index contributed by atoms with van der Waals surface area (Å²) in [6.45, 7) is 0. The highest BCUT2D eigenvalue weighted by atomic mass is 32.2. The van der Waals surface area contributed by atoms with Crippen molar-refractivity contribution < 1.29 is 4.39 Å². The van der Waals surface area contributed by atoms with Crippen molar-refractivity contribution in [3.63, 3.8) is 0 Å². The number of nitrogens with two attached hydrogens (primary N) is 1. The van der Waals surface area contributed by atoms with Gasteiger partial charge in [0.1, 0.15) is 5.82 Å². The molecule has 2 aromatic rings. The van der Waals surface area contributed by atoms with Crippen molar-refractivity contribution in [1.29, 1.82) is 0 Å². The summed E-state index contributed by atoms with van der Waals surface area (Å²) in [5.41, 5.74) is 6.09. The summed E-state index contributed by atoms with van der Waals surface area (Å²) in [7, 11) is 0. The molecule has 1 aromatic heterocycles. The second-order valence-electron chi connectivity index (χ2n) is 3.38. The van der Waals surface area contributed by atoms with Gasteiger partial charge < -0.3 is 10.7 Å². The van der Waals surface area contributed by atoms with Crippen LogP contribution in [0.2, 0.25) is 0 Å². The fourth-order valence-electron chi connectivity index (χ4n) is 1.24. The normalized spacial score (nSPS) is 10.4. The minimum absolute atomic E-state index is 0.130. The van der Waals surface area contributed by atoms with Gasteiger partial charge in [-0.25, -0.2) is 9.37 Å². The molecule has 0 fully saturated rings. The van der Waals surface area contributed by atoms with Crippen molar-refractivity contribution in [2.75, 3.05) is 5.73 Å². The van der Waals surface area contributed by atoms with E-state index in [1.807, 2.05) is 0 Å². The molecule has 17 heavy (non-hydrogen) atoms. The molecule has 0 bridgehead atoms. The van der Waals surface area contributed by atoms with E-state index in [0.29, 0.717) is 10.9 Å². The lowest BCUT2D eigenvalue weighted by Crippen LogP contribution is -2.05. The van der Waals surface area contributed by atoms with Crippen LogP contribution in [0.25, 0.3) is 0 Å². The van der Waals surface area contributed by atoms with E-state index in [9.17, 15) is 9.18 Å². The van der Waals surface area contributed by atoms with E-state index in [4.69, 9.17) is 5.73 Å². The van der Waals surface area contributed by atoms with Gasteiger partial charge in [0, 0.05) is 18.0 Å². The lowest BCUT2D eigenvalue weighted by Gasteiger charge is -2.02. The second-order valence-corrected chi connectivity index (χ2v) is 4.35. The van der Waals surface area contributed by atoms with Gasteiger partial charge >= 0.3 is 0 Å². The van der Waals surface area contributed by atoms with E-state index in [-0.39, 0.29) is 11.2 Å². The number of nitrogens with zero attached hydrogens (tertiary/aromatic N) is 1. The Bertz CT molecular complexity index is 585. The first-order valence-corrected chi connectivity index (χ1v) is 5.86. The fourth-order valence-corrected chi connectivity index (χ4v) is 2.03. The number of benzene rings is 1. The minimum atomic E-state index is -0.433. The summed E-state index contributed by atoms with van der Waals surface area (Å²) in [5.74, 6) is 0.0852. The van der Waals surface area contributed by atoms with E-state index in [1.54, 1.807) is 6.07 Å². The Labute approximate surface area is 101 Å². The predicted molar refractivity (Wildman–Crippen MR) is 65.2 cm³/mol. The molecule has 0 aliphatic carbocycles. The van der Waals surface area contributed by atoms with Crippen molar-refractivity contribution in [3.05, 3.63) is 52.2 Å². The van der Waals surface area contributed by atoms with Crippen LogP contribution in [0.5, 0.6) is 0 Å². The summed E-state index contributed by atoms with van der Waals surface area (Å²) >= 11 is 1.33. The van der Waals surface area contributed by atoms with Crippen molar-refractivity contribution in [3.8, 4) is 0 Å². The van der Waals surface area contributed by atoms with E-state index in [0.717, 1.165) is 5.56 Å². The Hall–Kier alpha value is -1.82. The van der Waals surface area contributed by atoms with E-state index in [1.165, 1.54) is 36.2 Å². The average Bonchev–Trinajstić information content (AvgIpc) is 2.31. The summed E-state index contributed by atoms with van der Waals surface area (Å²) in [4.78, 5) is 17.6. The average molecular weight is 251 g/mol. The van der Waals surface area contributed by atoms with Gasteiger partial charge in [0.2, 0.25) is 0 Å². The second kappa shape index (κ2) is 5.01. The number of aromatic nitrogens is 2. The van der Waals surface area contributed by atoms with Gasteiger partial charge in [-0.1, -0.05) is 17.8 Å². The van der Waals surface area contributed by atoms with Gasteiger partial charge in [0.15, 0.2) is 5.16 Å². The first-order valence-electron chi connectivity index (χ1n) is 4.87. The van der Waals surface area contributed by atoms with Crippen molar-refractivity contribution in [1.82, 2.24) is 9.97 Å². The van der Waals surface area contributed by atoms with Gasteiger partial charge in [0.05, 0.1) is 5.69 Å². The summed E-state index contributed by atoms with van der Waals surface area (Å²) in [5, 5.41) is 0.509. The van der Waals surface area contributed by atoms with E-state index in [2.05, 4.69) is 9.97 Å². The van der Waals surface area contributed by atoms with Crippen molar-refractivity contribution in [2.45, 2.75) is 10.9 Å². The summed E-state index contributed by atoms with van der Waals surface area (Å²) in [6, 6.07) is 5.98. The largest absolute Gasteiger partial charge is 0.396 e. The van der Waals surface area contributed by atoms with E-state index < -0.39 is 5.82 Å². The SMILES string of the molecule is Nc1ccc(CSc2nccc(=O)[nH]2)cc1F. The number of hydrogen-bond donors (Lipinski definition) is 2. The molecule has 2 rings (SSSR count). The number of nitrogens with one attached hydrogen (secondary N) is 1. The molecule has 1 aromatic carbocycles. The van der Waals surface area contributed by atoms with Gasteiger partial charge in [-0.15, -0.1) is 0 Å². The van der Waals surface area contributed by atoms with Crippen molar-refractivity contribution >= 4 is 17.4 Å². The van der Waals surface area contributed by atoms with Crippen LogP contribution >= 0.6 is 11.8 Å². The third kappa shape index (κ3) is 3.07. The smallest absolute Gasteiger partial charge is 0.251 e. The minimum Gasteiger partial charge on any atom is -0.396 e. The van der Waals surface area contributed by atoms with Crippen LogP contribution in [0.15, 0.2) is 40.4 Å². The Morgan fingerprint density at radius 3 is 2.94 bits per heavy atom. The molecule has 0 radical (unpaired) electrons. The zero-order chi connectivity index (χ0) is 12.3. The topological polar surface area (TPSA) is 71.8 Å². The van der Waals surface area contributed by atoms with Crippen LogP contribution in [-0.4, -0.2) is 9.97 Å². The standard InChI is InChI=1S/C11H10FN3OS/c12-8-5-7(1-2-9(8)13)6-17-11-14-4-3-10(16)15-11/h1-5H,6,13H2,(H,14,15,16). The number of nitrogen functional groups attached to an aromatic ring is 1. The van der Waals surface area contributed by atoms with Gasteiger partial charge in [0.25, 0.3) is 5.56 Å². The van der Waals surface area contributed by atoms with Gasteiger partial charge in [-0.2, -0.15) is 0 Å². The molecule has 0 spiro atoms. The molecule has 1 heterocycles. The van der Waals surface area contributed by atoms with Crippen LogP contribution in [0.1, 0.15) is 5.56 Å². The molecule has 0 saturated heterocycles. The Kier molecular flexibility index (Phi) is 3.43. The molecule has 6 heteroatoms. The van der Waals surface area contributed by atoms with Crippen LogP contribution in [-0.2, 0) is 5.75 Å². The molecule has 0 unspecified atom stereocenters. The van der Waals surface area contributed by atoms with E-state index >= 15 is 0 Å². The van der Waals surface area contributed by atoms with Crippen LogP contribution < -0.4 is 11.3 Å². The monoisotopic (exact) mass is 251 g/mol. The third-order valence-corrected chi connectivity index (χ3v) is 3.05. The maximum atomic E-state index is 13.2. The molecule has 0 saturated carbocycles. The zero-order valence-electron chi connectivity index (χ0n) is 8.81. The highest BCUT2D eigenvalue weighted by Crippen LogP contribution is 2.20. The predicted octanol–water partition coefficient (Wildman–Crippen LogP) is 1.78. The first-order chi connectivity index (χ1) is 8.15. The molecule has 3 N–H and O–H groups in total. The number of H-pyrrole nitrogens is 1. The maximum absolute atomic E-state index is 13.2. The van der Waals surface area contributed by atoms with Crippen LogP contribution in [0, 0.1) is 5.82 Å². The van der Waals surface area contributed by atoms with Crippen molar-refractivity contribution in [2.24, 2.45) is 0 Å². The maximum Gasteiger partial charge on any atom is 0.251 e. The Morgan fingerprint density at radius 1 is 1.41 bits per heavy atom. The van der Waals surface area contributed by atoms with Gasteiger partial charge in [-0.05, 0) is 17.7 Å². The number of halogens is 1. The molecule has 0 amide bonds. The molecule has 0 aliphatic rings. The number of rotatable bonds is 3. The number of hydrogen-bond acceptors (Lipinski definition) is 4. The lowest BCUT2D eigenvalue weighted by molar-refractivity contribution is 0.631. The third-order valence-electron chi connectivity index (χ3n) is 2.09. The first kappa shape index (κ1) is 11.7. The lowest BCUT2D eigenvalue weighted by atomic mass is 10.2. The highest BCUT2D eigenvalue weighted by molar-refractivity contribution is 7.98. The molecule has 0 atom stereocenters. The quantitative estimate of drug-likeness (QED) is 0.495. The summed E-state index contributed by atoms with van der Waals surface area (Å²) < 4.78 is 13.2.